The standard InChI is InChI=1S/C21H32N6O2/c1-2-3-13-29-18-7-5-17(6-8-18)26-21-19(22)20(24-16-25-21)23-9-4-10-27-11-14-28-15-12-27/h5-8,16H,2-4,9-15,22H2,1H3,(H2,23,24,25,26). The summed E-state index contributed by atoms with van der Waals surface area (Å²) in [5, 5.41) is 6.58. The van der Waals surface area contributed by atoms with E-state index in [1.807, 2.05) is 24.3 Å². The lowest BCUT2D eigenvalue weighted by atomic mass is 10.3. The molecule has 0 bridgehead atoms. The van der Waals surface area contributed by atoms with Gasteiger partial charge in [0.25, 0.3) is 0 Å². The van der Waals surface area contributed by atoms with Crippen molar-refractivity contribution in [2.45, 2.75) is 26.2 Å². The van der Waals surface area contributed by atoms with E-state index in [0.717, 1.165) is 76.7 Å². The Bertz CT molecular complexity index is 734. The van der Waals surface area contributed by atoms with Crippen molar-refractivity contribution in [2.75, 3.05) is 62.4 Å². The molecule has 0 spiro atoms. The maximum atomic E-state index is 6.27. The van der Waals surface area contributed by atoms with Gasteiger partial charge in [0, 0.05) is 25.3 Å². The summed E-state index contributed by atoms with van der Waals surface area (Å²) in [4.78, 5) is 11.0. The molecular formula is C21H32N6O2. The predicted molar refractivity (Wildman–Crippen MR) is 117 cm³/mol. The van der Waals surface area contributed by atoms with Crippen molar-refractivity contribution in [3.8, 4) is 5.75 Å². The van der Waals surface area contributed by atoms with Crippen molar-refractivity contribution < 1.29 is 9.47 Å². The second-order valence-corrected chi connectivity index (χ2v) is 7.07. The molecule has 1 fully saturated rings. The molecule has 29 heavy (non-hydrogen) atoms. The number of nitrogens with zero attached hydrogens (tertiary/aromatic N) is 3. The molecule has 8 nitrogen and oxygen atoms in total. The highest BCUT2D eigenvalue weighted by molar-refractivity contribution is 5.77. The van der Waals surface area contributed by atoms with Gasteiger partial charge in [0.05, 0.1) is 19.8 Å². The molecule has 3 rings (SSSR count). The van der Waals surface area contributed by atoms with Gasteiger partial charge >= 0.3 is 0 Å². The minimum absolute atomic E-state index is 0.516. The van der Waals surface area contributed by atoms with Crippen LogP contribution in [0.3, 0.4) is 0 Å². The largest absolute Gasteiger partial charge is 0.494 e. The van der Waals surface area contributed by atoms with E-state index in [1.54, 1.807) is 0 Å². The Kier molecular flexibility index (Phi) is 8.33. The fourth-order valence-electron chi connectivity index (χ4n) is 3.08. The van der Waals surface area contributed by atoms with Gasteiger partial charge in [-0.25, -0.2) is 9.97 Å². The Morgan fingerprint density at radius 2 is 1.86 bits per heavy atom. The number of nitrogens with one attached hydrogen (secondary N) is 2. The average Bonchev–Trinajstić information content (AvgIpc) is 2.76. The fraction of sp³-hybridized carbons (Fsp3) is 0.524. The summed E-state index contributed by atoms with van der Waals surface area (Å²) >= 11 is 0. The van der Waals surface area contributed by atoms with Crippen LogP contribution in [0, 0.1) is 0 Å². The van der Waals surface area contributed by atoms with Crippen molar-refractivity contribution in [3.63, 3.8) is 0 Å². The SMILES string of the molecule is CCCCOc1ccc(Nc2ncnc(NCCCN3CCOCC3)c2N)cc1. The lowest BCUT2D eigenvalue weighted by Gasteiger charge is -2.26. The summed E-state index contributed by atoms with van der Waals surface area (Å²) in [5.74, 6) is 2.11. The van der Waals surface area contributed by atoms with E-state index in [9.17, 15) is 0 Å². The molecule has 0 atom stereocenters. The first-order valence-corrected chi connectivity index (χ1v) is 10.4. The average molecular weight is 401 g/mol. The topological polar surface area (TPSA) is 97.6 Å². The third kappa shape index (κ3) is 6.76. The summed E-state index contributed by atoms with van der Waals surface area (Å²) < 4.78 is 11.1. The van der Waals surface area contributed by atoms with Crippen LogP contribution in [0.25, 0.3) is 0 Å². The second kappa shape index (κ2) is 11.4. The van der Waals surface area contributed by atoms with E-state index in [2.05, 4.69) is 32.4 Å². The van der Waals surface area contributed by atoms with Crippen LogP contribution in [0.5, 0.6) is 5.75 Å². The van der Waals surface area contributed by atoms with E-state index in [4.69, 9.17) is 15.2 Å². The van der Waals surface area contributed by atoms with Crippen LogP contribution in [-0.4, -0.2) is 60.9 Å². The van der Waals surface area contributed by atoms with Gasteiger partial charge in [0.2, 0.25) is 0 Å². The number of hydrogen-bond donors (Lipinski definition) is 3. The number of hydrogen-bond acceptors (Lipinski definition) is 8. The summed E-state index contributed by atoms with van der Waals surface area (Å²) in [5.41, 5.74) is 7.68. The van der Waals surface area contributed by atoms with Gasteiger partial charge in [-0.3, -0.25) is 4.90 Å². The molecule has 0 aliphatic carbocycles. The van der Waals surface area contributed by atoms with Gasteiger partial charge in [-0.05, 0) is 43.7 Å². The number of morpholine rings is 1. The molecule has 0 saturated carbocycles. The van der Waals surface area contributed by atoms with Gasteiger partial charge in [-0.2, -0.15) is 0 Å². The van der Waals surface area contributed by atoms with Gasteiger partial charge in [0.15, 0.2) is 11.6 Å². The number of nitrogens with two attached hydrogens (primary N) is 1. The Hall–Kier alpha value is -2.58. The number of nitrogen functional groups attached to an aromatic ring is 1. The number of ether oxygens (including phenoxy) is 2. The van der Waals surface area contributed by atoms with E-state index in [-0.39, 0.29) is 0 Å². The maximum absolute atomic E-state index is 6.27. The number of unbranched alkanes of at least 4 members (excludes halogenated alkanes) is 1. The summed E-state index contributed by atoms with van der Waals surface area (Å²) in [7, 11) is 0. The van der Waals surface area contributed by atoms with E-state index in [0.29, 0.717) is 17.3 Å². The van der Waals surface area contributed by atoms with Crippen molar-refractivity contribution in [3.05, 3.63) is 30.6 Å². The quantitative estimate of drug-likeness (QED) is 0.495. The normalized spacial score (nSPS) is 14.5. The van der Waals surface area contributed by atoms with Gasteiger partial charge in [-0.1, -0.05) is 13.3 Å². The zero-order valence-corrected chi connectivity index (χ0v) is 17.2. The molecule has 0 radical (unpaired) electrons. The zero-order valence-electron chi connectivity index (χ0n) is 17.2. The van der Waals surface area contributed by atoms with E-state index >= 15 is 0 Å². The van der Waals surface area contributed by atoms with Crippen molar-refractivity contribution in [1.82, 2.24) is 14.9 Å². The molecule has 8 heteroatoms. The van der Waals surface area contributed by atoms with Crippen LogP contribution >= 0.6 is 0 Å². The Balaban J connectivity index is 1.48. The molecular weight excluding hydrogens is 368 g/mol. The molecule has 1 aliphatic heterocycles. The number of benzene rings is 1. The van der Waals surface area contributed by atoms with Crippen molar-refractivity contribution in [2.24, 2.45) is 0 Å². The molecule has 1 aliphatic rings. The molecule has 158 valence electrons. The maximum Gasteiger partial charge on any atom is 0.159 e. The highest BCUT2D eigenvalue weighted by Crippen LogP contribution is 2.26. The van der Waals surface area contributed by atoms with E-state index in [1.165, 1.54) is 6.33 Å². The number of anilines is 4. The molecule has 2 aromatic rings. The molecule has 1 aromatic heterocycles. The van der Waals surface area contributed by atoms with Crippen LogP contribution in [0.15, 0.2) is 30.6 Å². The third-order valence-electron chi connectivity index (χ3n) is 4.81. The summed E-state index contributed by atoms with van der Waals surface area (Å²) in [6.07, 6.45) is 4.72. The Labute approximate surface area is 172 Å². The fourth-order valence-corrected chi connectivity index (χ4v) is 3.08. The smallest absolute Gasteiger partial charge is 0.159 e. The Morgan fingerprint density at radius 3 is 2.62 bits per heavy atom. The van der Waals surface area contributed by atoms with Crippen LogP contribution < -0.4 is 21.1 Å². The Morgan fingerprint density at radius 1 is 1.10 bits per heavy atom. The molecule has 4 N–H and O–H groups in total. The van der Waals surface area contributed by atoms with Gasteiger partial charge in [-0.15, -0.1) is 0 Å². The first kappa shape index (κ1) is 21.1. The molecule has 2 heterocycles. The van der Waals surface area contributed by atoms with Crippen molar-refractivity contribution >= 4 is 23.0 Å². The van der Waals surface area contributed by atoms with Crippen LogP contribution in [0.2, 0.25) is 0 Å². The van der Waals surface area contributed by atoms with Crippen molar-refractivity contribution in [1.29, 1.82) is 0 Å². The molecule has 1 aromatic carbocycles. The third-order valence-corrected chi connectivity index (χ3v) is 4.81. The number of rotatable bonds is 11. The van der Waals surface area contributed by atoms with Crippen LogP contribution in [0.4, 0.5) is 23.0 Å². The zero-order chi connectivity index (χ0) is 20.3. The van der Waals surface area contributed by atoms with E-state index < -0.39 is 0 Å². The summed E-state index contributed by atoms with van der Waals surface area (Å²) in [6, 6.07) is 7.80. The van der Waals surface area contributed by atoms with Gasteiger partial charge in [0.1, 0.15) is 17.8 Å². The first-order chi connectivity index (χ1) is 14.3. The first-order valence-electron chi connectivity index (χ1n) is 10.4. The second-order valence-electron chi connectivity index (χ2n) is 7.07. The predicted octanol–water partition coefficient (Wildman–Crippen LogP) is 3.12. The highest BCUT2D eigenvalue weighted by Gasteiger charge is 2.11. The number of aromatic nitrogens is 2. The molecule has 0 unspecified atom stereocenters. The molecule has 1 saturated heterocycles. The van der Waals surface area contributed by atoms with Crippen LogP contribution in [0.1, 0.15) is 26.2 Å². The minimum Gasteiger partial charge on any atom is -0.494 e. The molecule has 0 amide bonds. The minimum atomic E-state index is 0.516. The lowest BCUT2D eigenvalue weighted by Crippen LogP contribution is -2.37. The summed E-state index contributed by atoms with van der Waals surface area (Å²) in [6.45, 7) is 8.40. The van der Waals surface area contributed by atoms with Crippen LogP contribution in [-0.2, 0) is 4.74 Å². The monoisotopic (exact) mass is 400 g/mol. The highest BCUT2D eigenvalue weighted by atomic mass is 16.5. The van der Waals surface area contributed by atoms with Gasteiger partial charge < -0.3 is 25.8 Å². The lowest BCUT2D eigenvalue weighted by molar-refractivity contribution is 0.0378.